The lowest BCUT2D eigenvalue weighted by Crippen LogP contribution is -2.27. The zero-order valence-electron chi connectivity index (χ0n) is 13.3. The maximum Gasteiger partial charge on any atom is 0.311 e. The van der Waals surface area contributed by atoms with Crippen LogP contribution in [0.1, 0.15) is 58.3 Å². The normalized spacial score (nSPS) is 18.3. The van der Waals surface area contributed by atoms with Crippen molar-refractivity contribution in [3.05, 3.63) is 0 Å². The second-order valence-corrected chi connectivity index (χ2v) is 5.82. The highest BCUT2D eigenvalue weighted by atomic mass is 16.5. The number of nitrogens with two attached hydrogens (primary N) is 1. The summed E-state index contributed by atoms with van der Waals surface area (Å²) in [6.45, 7) is 4.50. The van der Waals surface area contributed by atoms with Gasteiger partial charge in [-0.2, -0.15) is 0 Å². The molecule has 21 heavy (non-hydrogen) atoms. The van der Waals surface area contributed by atoms with Gasteiger partial charge in [0.25, 0.3) is 0 Å². The Morgan fingerprint density at radius 2 is 1.90 bits per heavy atom. The molecule has 1 amide bonds. The monoisotopic (exact) mass is 298 g/mol. The first-order valence-electron chi connectivity index (χ1n) is 8.33. The van der Waals surface area contributed by atoms with E-state index in [9.17, 15) is 9.59 Å². The predicted molar refractivity (Wildman–Crippen MR) is 82.7 cm³/mol. The molecule has 0 aromatic rings. The van der Waals surface area contributed by atoms with Crippen LogP contribution in [0.25, 0.3) is 0 Å². The number of rotatable bonds is 11. The predicted octanol–water partition coefficient (Wildman–Crippen LogP) is 2.09. The Bertz CT molecular complexity index is 321. The molecule has 1 atom stereocenters. The van der Waals surface area contributed by atoms with E-state index in [1.54, 1.807) is 0 Å². The van der Waals surface area contributed by atoms with E-state index in [1.807, 2.05) is 11.8 Å². The zero-order valence-corrected chi connectivity index (χ0v) is 13.3. The van der Waals surface area contributed by atoms with E-state index in [1.165, 1.54) is 19.3 Å². The lowest BCUT2D eigenvalue weighted by Gasteiger charge is -2.16. The van der Waals surface area contributed by atoms with E-state index < -0.39 is 0 Å². The second-order valence-electron chi connectivity index (χ2n) is 5.82. The van der Waals surface area contributed by atoms with Gasteiger partial charge in [0, 0.05) is 19.5 Å². The van der Waals surface area contributed by atoms with Gasteiger partial charge in [-0.1, -0.05) is 32.6 Å². The Morgan fingerprint density at radius 1 is 1.24 bits per heavy atom. The average Bonchev–Trinajstić information content (AvgIpc) is 2.85. The molecule has 0 bridgehead atoms. The number of carbonyl (C=O) groups excluding carboxylic acids is 2. The topological polar surface area (TPSA) is 72.6 Å². The molecule has 0 aromatic carbocycles. The number of nitrogens with zero attached hydrogens (tertiary/aromatic N) is 1. The fourth-order valence-corrected chi connectivity index (χ4v) is 2.62. The molecule has 1 fully saturated rings. The van der Waals surface area contributed by atoms with E-state index in [0.29, 0.717) is 19.6 Å². The molecule has 1 aliphatic rings. The molecule has 1 aliphatic heterocycles. The molecule has 1 saturated heterocycles. The SMILES string of the molecule is CCCOC(=O)C1CC(=O)N(CCCCCCCCN)C1. The minimum Gasteiger partial charge on any atom is -0.465 e. The Morgan fingerprint density at radius 3 is 2.57 bits per heavy atom. The van der Waals surface area contributed by atoms with Crippen LogP contribution in [-0.2, 0) is 14.3 Å². The number of amides is 1. The van der Waals surface area contributed by atoms with E-state index in [0.717, 1.165) is 38.8 Å². The second kappa shape index (κ2) is 10.6. The summed E-state index contributed by atoms with van der Waals surface area (Å²) in [7, 11) is 0. The number of carbonyl (C=O) groups is 2. The summed E-state index contributed by atoms with van der Waals surface area (Å²) in [6.07, 6.45) is 8.02. The first-order chi connectivity index (χ1) is 10.2. The van der Waals surface area contributed by atoms with E-state index in [4.69, 9.17) is 10.5 Å². The van der Waals surface area contributed by atoms with Crippen LogP contribution in [0.3, 0.4) is 0 Å². The number of esters is 1. The summed E-state index contributed by atoms with van der Waals surface area (Å²) >= 11 is 0. The van der Waals surface area contributed by atoms with Crippen LogP contribution in [0.5, 0.6) is 0 Å². The smallest absolute Gasteiger partial charge is 0.311 e. The molecule has 5 heteroatoms. The Labute approximate surface area is 128 Å². The minimum absolute atomic E-state index is 0.0941. The highest BCUT2D eigenvalue weighted by molar-refractivity contribution is 5.86. The van der Waals surface area contributed by atoms with Crippen molar-refractivity contribution in [2.75, 3.05) is 26.2 Å². The Balaban J connectivity index is 2.13. The quantitative estimate of drug-likeness (QED) is 0.468. The molecule has 0 saturated carbocycles. The lowest BCUT2D eigenvalue weighted by atomic mass is 10.1. The third-order valence-electron chi connectivity index (χ3n) is 3.88. The van der Waals surface area contributed by atoms with Crippen LogP contribution >= 0.6 is 0 Å². The summed E-state index contributed by atoms with van der Waals surface area (Å²) in [5.41, 5.74) is 5.45. The van der Waals surface area contributed by atoms with Crippen LogP contribution in [0.2, 0.25) is 0 Å². The van der Waals surface area contributed by atoms with Crippen molar-refractivity contribution < 1.29 is 14.3 Å². The number of hydrogen-bond donors (Lipinski definition) is 1. The third-order valence-corrected chi connectivity index (χ3v) is 3.88. The van der Waals surface area contributed by atoms with Crippen molar-refractivity contribution in [2.45, 2.75) is 58.3 Å². The van der Waals surface area contributed by atoms with Gasteiger partial charge >= 0.3 is 5.97 Å². The summed E-state index contributed by atoms with van der Waals surface area (Å²) in [5, 5.41) is 0. The highest BCUT2D eigenvalue weighted by Gasteiger charge is 2.34. The summed E-state index contributed by atoms with van der Waals surface area (Å²) in [4.78, 5) is 25.5. The zero-order chi connectivity index (χ0) is 15.5. The Kier molecular flexibility index (Phi) is 9.06. The van der Waals surface area contributed by atoms with E-state index >= 15 is 0 Å². The van der Waals surface area contributed by atoms with Crippen LogP contribution < -0.4 is 5.73 Å². The van der Waals surface area contributed by atoms with Gasteiger partial charge in [-0.3, -0.25) is 9.59 Å². The standard InChI is InChI=1S/C16H30N2O3/c1-2-11-21-16(20)14-12-15(19)18(13-14)10-8-6-4-3-5-7-9-17/h14H,2-13,17H2,1H3. The molecule has 0 radical (unpaired) electrons. The fourth-order valence-electron chi connectivity index (χ4n) is 2.62. The molecule has 0 spiro atoms. The molecule has 5 nitrogen and oxygen atoms in total. The lowest BCUT2D eigenvalue weighted by molar-refractivity contribution is -0.148. The van der Waals surface area contributed by atoms with Crippen LogP contribution in [0.4, 0.5) is 0 Å². The van der Waals surface area contributed by atoms with Crippen LogP contribution in [0.15, 0.2) is 0 Å². The Hall–Kier alpha value is -1.10. The van der Waals surface area contributed by atoms with Crippen molar-refractivity contribution >= 4 is 11.9 Å². The summed E-state index contributed by atoms with van der Waals surface area (Å²) in [5.74, 6) is -0.375. The third kappa shape index (κ3) is 6.93. The van der Waals surface area contributed by atoms with Gasteiger partial charge in [-0.15, -0.1) is 0 Å². The maximum absolute atomic E-state index is 11.9. The van der Waals surface area contributed by atoms with E-state index in [2.05, 4.69) is 0 Å². The maximum atomic E-state index is 11.9. The average molecular weight is 298 g/mol. The number of likely N-dealkylation sites (tertiary alicyclic amines) is 1. The molecule has 0 aliphatic carbocycles. The fraction of sp³-hybridized carbons (Fsp3) is 0.875. The van der Waals surface area contributed by atoms with Gasteiger partial charge in [0.2, 0.25) is 5.91 Å². The van der Waals surface area contributed by atoms with Gasteiger partial charge in [0.1, 0.15) is 0 Å². The number of unbranched alkanes of at least 4 members (excludes halogenated alkanes) is 5. The summed E-state index contributed by atoms with van der Waals surface area (Å²) < 4.78 is 5.12. The van der Waals surface area contributed by atoms with Crippen LogP contribution in [-0.4, -0.2) is 43.0 Å². The molecule has 1 unspecified atom stereocenters. The number of ether oxygens (including phenoxy) is 1. The van der Waals surface area contributed by atoms with E-state index in [-0.39, 0.29) is 17.8 Å². The van der Waals surface area contributed by atoms with Gasteiger partial charge in [-0.05, 0) is 25.8 Å². The number of hydrogen-bond acceptors (Lipinski definition) is 4. The van der Waals surface area contributed by atoms with Crippen molar-refractivity contribution in [3.8, 4) is 0 Å². The molecular formula is C16H30N2O3. The largest absolute Gasteiger partial charge is 0.465 e. The van der Waals surface area contributed by atoms with Gasteiger partial charge in [0.05, 0.1) is 12.5 Å². The van der Waals surface area contributed by atoms with Gasteiger partial charge in [0.15, 0.2) is 0 Å². The van der Waals surface area contributed by atoms with Crippen molar-refractivity contribution in [2.24, 2.45) is 11.7 Å². The minimum atomic E-state index is -0.256. The van der Waals surface area contributed by atoms with Crippen LogP contribution in [0, 0.1) is 5.92 Å². The van der Waals surface area contributed by atoms with Gasteiger partial charge < -0.3 is 15.4 Å². The van der Waals surface area contributed by atoms with Crippen molar-refractivity contribution in [1.29, 1.82) is 0 Å². The molecule has 122 valence electrons. The molecule has 2 N–H and O–H groups in total. The first kappa shape index (κ1) is 18.0. The molecule has 0 aromatic heterocycles. The molecular weight excluding hydrogens is 268 g/mol. The first-order valence-corrected chi connectivity index (χ1v) is 8.33. The van der Waals surface area contributed by atoms with Crippen molar-refractivity contribution in [3.63, 3.8) is 0 Å². The summed E-state index contributed by atoms with van der Waals surface area (Å²) in [6, 6.07) is 0. The van der Waals surface area contributed by atoms with Crippen molar-refractivity contribution in [1.82, 2.24) is 4.90 Å². The highest BCUT2D eigenvalue weighted by Crippen LogP contribution is 2.20. The van der Waals surface area contributed by atoms with Gasteiger partial charge in [-0.25, -0.2) is 0 Å². The molecule has 1 heterocycles. The molecule has 1 rings (SSSR count).